The molecule has 0 bridgehead atoms. The number of rotatable bonds is 11. The minimum absolute atomic E-state index is 0.0848. The molecule has 0 saturated carbocycles. The number of aromatic nitrogens is 3. The molecule has 2 amide bonds. The smallest absolute Gasteiger partial charge is 0.249 e. The van der Waals surface area contributed by atoms with Gasteiger partial charge in [0, 0.05) is 24.4 Å². The number of hydrogen-bond acceptors (Lipinski definition) is 8. The minimum atomic E-state index is -1.11. The molecule has 4 aromatic rings. The summed E-state index contributed by atoms with van der Waals surface area (Å²) in [6.45, 7) is 0.824. The average molecular weight is 560 g/mol. The predicted octanol–water partition coefficient (Wildman–Crippen LogP) is 3.53. The second-order valence-corrected chi connectivity index (χ2v) is 9.56. The van der Waals surface area contributed by atoms with E-state index < -0.39 is 6.04 Å². The first kappa shape index (κ1) is 27.9. The van der Waals surface area contributed by atoms with Gasteiger partial charge in [-0.1, -0.05) is 29.5 Å². The summed E-state index contributed by atoms with van der Waals surface area (Å²) in [4.78, 5) is 29.8. The Kier molecular flexibility index (Phi) is 8.64. The normalized spacial score (nSPS) is 15.3. The number of methoxy groups -OCH3 is 3. The summed E-state index contributed by atoms with van der Waals surface area (Å²) >= 11 is 0. The summed E-state index contributed by atoms with van der Waals surface area (Å²) in [6, 6.07) is 18.5. The molecule has 3 aromatic carbocycles. The van der Waals surface area contributed by atoms with Crippen LogP contribution in [0.1, 0.15) is 24.4 Å². The van der Waals surface area contributed by atoms with Crippen molar-refractivity contribution in [1.82, 2.24) is 20.3 Å². The van der Waals surface area contributed by atoms with E-state index in [9.17, 15) is 9.59 Å². The molecule has 2 atom stereocenters. The third-order valence-corrected chi connectivity index (χ3v) is 7.09. The molecule has 214 valence electrons. The van der Waals surface area contributed by atoms with Crippen molar-refractivity contribution in [3.05, 3.63) is 72.3 Å². The highest BCUT2D eigenvalue weighted by Gasteiger charge is 2.36. The monoisotopic (exact) mass is 559 g/mol. The van der Waals surface area contributed by atoms with Gasteiger partial charge in [-0.15, -0.1) is 5.10 Å². The van der Waals surface area contributed by atoms with Gasteiger partial charge < -0.3 is 24.3 Å². The average Bonchev–Trinajstić information content (AvgIpc) is 3.68. The van der Waals surface area contributed by atoms with Gasteiger partial charge in [-0.25, -0.2) is 4.68 Å². The number of anilines is 1. The summed E-state index contributed by atoms with van der Waals surface area (Å²) in [6.07, 6.45) is 1.71. The number of fused-ring (bicyclic) bond motifs is 1. The molecule has 11 heteroatoms. The maximum atomic E-state index is 14.3. The molecule has 5 rings (SSSR count). The van der Waals surface area contributed by atoms with Crippen molar-refractivity contribution >= 4 is 28.5 Å². The topological polar surface area (TPSA) is 117 Å². The molecule has 1 aliphatic rings. The van der Waals surface area contributed by atoms with Crippen LogP contribution in [0.3, 0.4) is 0 Å². The van der Waals surface area contributed by atoms with E-state index in [1.807, 2.05) is 24.3 Å². The molecular weight excluding hydrogens is 526 g/mol. The van der Waals surface area contributed by atoms with Crippen LogP contribution in [-0.2, 0) is 20.9 Å². The Balaban J connectivity index is 1.60. The molecule has 0 aliphatic carbocycles. The minimum Gasteiger partial charge on any atom is -0.497 e. The number of para-hydroxylation sites is 2. The van der Waals surface area contributed by atoms with E-state index in [0.29, 0.717) is 52.7 Å². The highest BCUT2D eigenvalue weighted by Crippen LogP contribution is 2.39. The molecule has 0 radical (unpaired) electrons. The molecule has 1 aromatic heterocycles. The van der Waals surface area contributed by atoms with Crippen molar-refractivity contribution in [2.75, 3.05) is 39.4 Å². The van der Waals surface area contributed by atoms with Crippen molar-refractivity contribution < 1.29 is 28.5 Å². The molecule has 2 unspecified atom stereocenters. The molecule has 1 N–H and O–H groups in total. The van der Waals surface area contributed by atoms with Crippen LogP contribution in [0.4, 0.5) is 5.69 Å². The van der Waals surface area contributed by atoms with E-state index in [0.717, 1.165) is 12.8 Å². The Morgan fingerprint density at radius 2 is 1.83 bits per heavy atom. The second-order valence-electron chi connectivity index (χ2n) is 9.56. The highest BCUT2D eigenvalue weighted by molar-refractivity contribution is 6.02. The number of hydrogen-bond donors (Lipinski definition) is 1. The van der Waals surface area contributed by atoms with E-state index in [4.69, 9.17) is 18.9 Å². The predicted molar refractivity (Wildman–Crippen MR) is 152 cm³/mol. The summed E-state index contributed by atoms with van der Waals surface area (Å²) in [5, 5.41) is 11.4. The maximum Gasteiger partial charge on any atom is 0.249 e. The van der Waals surface area contributed by atoms with Crippen LogP contribution in [0.15, 0.2) is 66.7 Å². The van der Waals surface area contributed by atoms with Gasteiger partial charge in [-0.05, 0) is 55.3 Å². The van der Waals surface area contributed by atoms with Crippen LogP contribution in [0, 0.1) is 0 Å². The Morgan fingerprint density at radius 1 is 1.02 bits per heavy atom. The number of carbonyl (C=O) groups excluding carboxylic acids is 2. The van der Waals surface area contributed by atoms with Crippen LogP contribution >= 0.6 is 0 Å². The molecule has 2 heterocycles. The largest absolute Gasteiger partial charge is 0.497 e. The number of amides is 2. The second kappa shape index (κ2) is 12.7. The first-order valence-electron chi connectivity index (χ1n) is 13.4. The van der Waals surface area contributed by atoms with E-state index in [2.05, 4.69) is 15.6 Å². The van der Waals surface area contributed by atoms with E-state index in [1.165, 1.54) is 23.8 Å². The van der Waals surface area contributed by atoms with Gasteiger partial charge in [0.15, 0.2) is 11.5 Å². The fourth-order valence-electron chi connectivity index (χ4n) is 5.06. The van der Waals surface area contributed by atoms with Crippen LogP contribution in [0.2, 0.25) is 0 Å². The fraction of sp³-hybridized carbons (Fsp3) is 0.333. The summed E-state index contributed by atoms with van der Waals surface area (Å²) < 4.78 is 23.9. The van der Waals surface area contributed by atoms with Gasteiger partial charge in [-0.2, -0.15) is 0 Å². The molecule has 1 aliphatic heterocycles. The lowest BCUT2D eigenvalue weighted by Gasteiger charge is -2.33. The van der Waals surface area contributed by atoms with E-state index in [1.54, 1.807) is 49.6 Å². The van der Waals surface area contributed by atoms with Gasteiger partial charge in [0.05, 0.1) is 33.0 Å². The van der Waals surface area contributed by atoms with Crippen molar-refractivity contribution in [1.29, 1.82) is 0 Å². The van der Waals surface area contributed by atoms with Crippen molar-refractivity contribution in [3.63, 3.8) is 0 Å². The van der Waals surface area contributed by atoms with Gasteiger partial charge >= 0.3 is 0 Å². The Morgan fingerprint density at radius 3 is 2.54 bits per heavy atom. The quantitative estimate of drug-likeness (QED) is 0.297. The molecule has 1 fully saturated rings. The lowest BCUT2D eigenvalue weighted by Crippen LogP contribution is -2.46. The molecule has 0 spiro atoms. The van der Waals surface area contributed by atoms with Gasteiger partial charge in [0.25, 0.3) is 0 Å². The van der Waals surface area contributed by atoms with Crippen molar-refractivity contribution in [3.8, 4) is 17.2 Å². The first-order chi connectivity index (χ1) is 20.0. The highest BCUT2D eigenvalue weighted by atomic mass is 16.5. The van der Waals surface area contributed by atoms with Crippen LogP contribution in [0.5, 0.6) is 17.2 Å². The molecule has 11 nitrogen and oxygen atoms in total. The van der Waals surface area contributed by atoms with E-state index in [-0.39, 0.29) is 24.5 Å². The van der Waals surface area contributed by atoms with Gasteiger partial charge in [0.1, 0.15) is 23.9 Å². The first-order valence-corrected chi connectivity index (χ1v) is 13.4. The molecule has 41 heavy (non-hydrogen) atoms. The number of nitrogens with one attached hydrogen (secondary N) is 1. The lowest BCUT2D eigenvalue weighted by atomic mass is 10.0. The van der Waals surface area contributed by atoms with Crippen molar-refractivity contribution in [2.45, 2.75) is 31.5 Å². The Bertz CT molecular complexity index is 1500. The standard InChI is InChI=1S/C30H33N5O6/c1-38-21-15-13-20(14-16-21)35(27(36)19-34-25-11-5-4-10-24(25)32-33-34)28(30(37)31-18-22-8-7-17-41-22)23-9-6-12-26(39-2)29(23)40-3/h4-6,9-16,22,28H,7-8,17-19H2,1-3H3,(H,31,37). The van der Waals surface area contributed by atoms with Crippen LogP contribution in [0.25, 0.3) is 11.0 Å². The summed E-state index contributed by atoms with van der Waals surface area (Å²) in [5.41, 5.74) is 2.32. The fourth-order valence-corrected chi connectivity index (χ4v) is 5.06. The SMILES string of the molecule is COc1ccc(N(C(=O)Cn2nnc3ccccc32)C(C(=O)NCC2CCCO2)c2cccc(OC)c2OC)cc1. The van der Waals surface area contributed by atoms with Crippen molar-refractivity contribution in [2.24, 2.45) is 0 Å². The Hall–Kier alpha value is -4.64. The number of nitrogens with zero attached hydrogens (tertiary/aromatic N) is 4. The molecular formula is C30H33N5O6. The zero-order valence-corrected chi connectivity index (χ0v) is 23.3. The zero-order valence-electron chi connectivity index (χ0n) is 23.3. The number of ether oxygens (including phenoxy) is 4. The lowest BCUT2D eigenvalue weighted by molar-refractivity contribution is -0.127. The molecule has 1 saturated heterocycles. The van der Waals surface area contributed by atoms with Gasteiger partial charge in [0.2, 0.25) is 11.8 Å². The third kappa shape index (κ3) is 5.94. The third-order valence-electron chi connectivity index (χ3n) is 7.09. The number of benzene rings is 3. The summed E-state index contributed by atoms with van der Waals surface area (Å²) in [7, 11) is 4.59. The number of carbonyl (C=O) groups is 2. The maximum absolute atomic E-state index is 14.3. The van der Waals surface area contributed by atoms with E-state index >= 15 is 0 Å². The Labute approximate surface area is 237 Å². The van der Waals surface area contributed by atoms with Gasteiger partial charge in [-0.3, -0.25) is 14.5 Å². The van der Waals surface area contributed by atoms with Crippen LogP contribution < -0.4 is 24.4 Å². The van der Waals surface area contributed by atoms with Crippen LogP contribution in [-0.4, -0.2) is 67.4 Å². The summed E-state index contributed by atoms with van der Waals surface area (Å²) in [5.74, 6) is 0.630. The zero-order chi connectivity index (χ0) is 28.8.